The summed E-state index contributed by atoms with van der Waals surface area (Å²) >= 11 is 0. The number of carboxylic acids is 1. The first-order valence-corrected chi connectivity index (χ1v) is 5.53. The van der Waals surface area contributed by atoms with Gasteiger partial charge < -0.3 is 18.7 Å². The van der Waals surface area contributed by atoms with E-state index < -0.39 is 17.5 Å². The van der Waals surface area contributed by atoms with Gasteiger partial charge in [0.25, 0.3) is 0 Å². The van der Waals surface area contributed by atoms with E-state index in [4.69, 9.17) is 14.3 Å². The first-order chi connectivity index (χ1) is 9.29. The van der Waals surface area contributed by atoms with Crippen molar-refractivity contribution in [1.82, 2.24) is 9.97 Å². The molecule has 2 rings (SSSR count). The number of hydrogen-bond acceptors (Lipinski definition) is 7. The Labute approximate surface area is 114 Å². The van der Waals surface area contributed by atoms with Gasteiger partial charge in [0, 0.05) is 0 Å². The van der Waals surface area contributed by atoms with Crippen molar-refractivity contribution in [2.24, 2.45) is 0 Å². The van der Waals surface area contributed by atoms with Gasteiger partial charge in [0.05, 0.1) is 12.4 Å². The molecule has 0 saturated heterocycles. The molecular formula is C12H14N2O6. The molecule has 2 aromatic heterocycles. The number of oxazole rings is 2. The first kappa shape index (κ1) is 15.4. The number of esters is 1. The van der Waals surface area contributed by atoms with Crippen molar-refractivity contribution in [3.8, 4) is 0 Å². The Morgan fingerprint density at radius 1 is 1.10 bits per heavy atom. The Hall–Kier alpha value is -2.64. The highest BCUT2D eigenvalue weighted by Gasteiger charge is 2.19. The molecular weight excluding hydrogens is 268 g/mol. The van der Waals surface area contributed by atoms with Gasteiger partial charge in [0.2, 0.25) is 11.5 Å². The molecule has 0 aromatic carbocycles. The smallest absolute Gasteiger partial charge is 0.376 e. The number of rotatable bonds is 2. The van der Waals surface area contributed by atoms with Crippen LogP contribution in [0.2, 0.25) is 0 Å². The van der Waals surface area contributed by atoms with E-state index in [9.17, 15) is 9.59 Å². The third-order valence-electron chi connectivity index (χ3n) is 1.68. The summed E-state index contributed by atoms with van der Waals surface area (Å²) in [7, 11) is 0. The molecule has 8 nitrogen and oxygen atoms in total. The highest BCUT2D eigenvalue weighted by atomic mass is 16.6. The summed E-state index contributed by atoms with van der Waals surface area (Å²) in [6.45, 7) is 5.38. The Bertz CT molecular complexity index is 539. The first-order valence-electron chi connectivity index (χ1n) is 5.53. The minimum atomic E-state index is -1.09. The summed E-state index contributed by atoms with van der Waals surface area (Å²) in [6.07, 6.45) is 4.74. The predicted octanol–water partition coefficient (Wildman–Crippen LogP) is 2.00. The lowest BCUT2D eigenvalue weighted by Crippen LogP contribution is -2.23. The minimum absolute atomic E-state index is 0.130. The average Bonchev–Trinajstić information content (AvgIpc) is 3.02. The minimum Gasteiger partial charge on any atom is -0.475 e. The maximum Gasteiger partial charge on any atom is 0.376 e. The normalized spacial score (nSPS) is 10.3. The van der Waals surface area contributed by atoms with Gasteiger partial charge in [-0.05, 0) is 20.8 Å². The lowest BCUT2D eigenvalue weighted by Gasteiger charge is -2.17. The van der Waals surface area contributed by atoms with Crippen LogP contribution in [0.3, 0.4) is 0 Å². The van der Waals surface area contributed by atoms with Crippen LogP contribution in [0.4, 0.5) is 0 Å². The number of hydrogen-bond donors (Lipinski definition) is 1. The average molecular weight is 282 g/mol. The monoisotopic (exact) mass is 282 g/mol. The maximum absolute atomic E-state index is 11.2. The van der Waals surface area contributed by atoms with E-state index in [1.165, 1.54) is 12.6 Å². The summed E-state index contributed by atoms with van der Waals surface area (Å²) in [4.78, 5) is 28.1. The van der Waals surface area contributed by atoms with Gasteiger partial charge in [0.1, 0.15) is 5.60 Å². The van der Waals surface area contributed by atoms with Crippen molar-refractivity contribution in [3.05, 3.63) is 36.7 Å². The molecule has 0 fully saturated rings. The fourth-order valence-electron chi connectivity index (χ4n) is 0.966. The molecule has 0 bridgehead atoms. The number of nitrogens with zero attached hydrogens (tertiary/aromatic N) is 2. The summed E-state index contributed by atoms with van der Waals surface area (Å²) in [6, 6.07) is 0. The van der Waals surface area contributed by atoms with Gasteiger partial charge in [-0.15, -0.1) is 0 Å². The molecule has 0 atom stereocenters. The van der Waals surface area contributed by atoms with E-state index >= 15 is 0 Å². The van der Waals surface area contributed by atoms with E-state index in [0.717, 1.165) is 12.6 Å². The Kier molecular flexibility index (Phi) is 5.01. The lowest BCUT2D eigenvalue weighted by molar-refractivity contribution is 0.00358. The van der Waals surface area contributed by atoms with Crippen molar-refractivity contribution >= 4 is 11.9 Å². The number of carbonyl (C=O) groups is 2. The molecule has 108 valence electrons. The van der Waals surface area contributed by atoms with Crippen molar-refractivity contribution < 1.29 is 28.3 Å². The lowest BCUT2D eigenvalue weighted by atomic mass is 10.2. The molecule has 0 radical (unpaired) electrons. The van der Waals surface area contributed by atoms with Gasteiger partial charge in [-0.2, -0.15) is 0 Å². The van der Waals surface area contributed by atoms with Gasteiger partial charge in [0.15, 0.2) is 12.8 Å². The zero-order chi connectivity index (χ0) is 15.2. The fraction of sp³-hybridized carbons (Fsp3) is 0.333. The molecule has 0 aliphatic heterocycles. The highest BCUT2D eigenvalue weighted by molar-refractivity contribution is 5.86. The number of ether oxygens (including phenoxy) is 1. The van der Waals surface area contributed by atoms with Crippen LogP contribution in [0.15, 0.2) is 34.0 Å². The summed E-state index contributed by atoms with van der Waals surface area (Å²) in [5.41, 5.74) is -0.496. The number of aromatic nitrogens is 2. The van der Waals surface area contributed by atoms with E-state index in [1.54, 1.807) is 20.8 Å². The highest BCUT2D eigenvalue weighted by Crippen LogP contribution is 2.10. The zero-order valence-corrected chi connectivity index (χ0v) is 11.2. The van der Waals surface area contributed by atoms with Crippen LogP contribution >= 0.6 is 0 Å². The van der Waals surface area contributed by atoms with E-state index in [-0.39, 0.29) is 11.5 Å². The SMILES string of the molecule is CC(C)(C)OC(=O)c1cnco1.O=C(O)c1cnco1. The molecule has 0 aliphatic rings. The van der Waals surface area contributed by atoms with Crippen molar-refractivity contribution in [2.75, 3.05) is 0 Å². The van der Waals surface area contributed by atoms with Crippen LogP contribution in [0.5, 0.6) is 0 Å². The standard InChI is InChI=1S/C8H11NO3.C4H3NO3/c1-8(2,3)12-7(10)6-4-9-5-11-6;6-4(7)3-1-5-2-8-3/h4-5H,1-3H3;1-2H,(H,6,7). The molecule has 0 amide bonds. The van der Waals surface area contributed by atoms with E-state index in [0.29, 0.717) is 0 Å². The van der Waals surface area contributed by atoms with Gasteiger partial charge in [-0.1, -0.05) is 0 Å². The van der Waals surface area contributed by atoms with Crippen LogP contribution in [0, 0.1) is 0 Å². The summed E-state index contributed by atoms with van der Waals surface area (Å²) < 4.78 is 14.1. The molecule has 2 heterocycles. The van der Waals surface area contributed by atoms with E-state index in [1.807, 2.05) is 0 Å². The molecule has 2 aromatic rings. The summed E-state index contributed by atoms with van der Waals surface area (Å²) in [5.74, 6) is -1.59. The molecule has 0 unspecified atom stereocenters. The number of carboxylic acid groups (broad SMARTS) is 1. The third-order valence-corrected chi connectivity index (χ3v) is 1.68. The van der Waals surface area contributed by atoms with Crippen LogP contribution in [-0.2, 0) is 4.74 Å². The van der Waals surface area contributed by atoms with Gasteiger partial charge in [-0.25, -0.2) is 19.6 Å². The predicted molar refractivity (Wildman–Crippen MR) is 65.1 cm³/mol. The van der Waals surface area contributed by atoms with Crippen molar-refractivity contribution in [3.63, 3.8) is 0 Å². The Morgan fingerprint density at radius 3 is 1.90 bits per heavy atom. The second-order valence-corrected chi connectivity index (χ2v) is 4.54. The number of carbonyl (C=O) groups excluding carboxylic acids is 1. The molecule has 8 heteroatoms. The van der Waals surface area contributed by atoms with Gasteiger partial charge in [-0.3, -0.25) is 0 Å². The second kappa shape index (κ2) is 6.50. The molecule has 0 saturated carbocycles. The second-order valence-electron chi connectivity index (χ2n) is 4.54. The topological polar surface area (TPSA) is 116 Å². The third kappa shape index (κ3) is 5.34. The van der Waals surface area contributed by atoms with Gasteiger partial charge >= 0.3 is 11.9 Å². The van der Waals surface area contributed by atoms with Crippen LogP contribution in [0.1, 0.15) is 41.9 Å². The molecule has 0 spiro atoms. The van der Waals surface area contributed by atoms with E-state index in [2.05, 4.69) is 14.4 Å². The Morgan fingerprint density at radius 2 is 1.60 bits per heavy atom. The summed E-state index contributed by atoms with van der Waals surface area (Å²) in [5, 5.41) is 8.14. The molecule has 1 N–H and O–H groups in total. The fourth-order valence-corrected chi connectivity index (χ4v) is 0.966. The zero-order valence-electron chi connectivity index (χ0n) is 11.2. The van der Waals surface area contributed by atoms with Crippen molar-refractivity contribution in [2.45, 2.75) is 26.4 Å². The quantitative estimate of drug-likeness (QED) is 0.831. The molecule has 20 heavy (non-hydrogen) atoms. The van der Waals surface area contributed by atoms with Crippen molar-refractivity contribution in [1.29, 1.82) is 0 Å². The maximum atomic E-state index is 11.2. The van der Waals surface area contributed by atoms with Crippen LogP contribution in [-0.4, -0.2) is 32.6 Å². The Balaban J connectivity index is 0.000000217. The van der Waals surface area contributed by atoms with Crippen LogP contribution < -0.4 is 0 Å². The molecule has 0 aliphatic carbocycles. The van der Waals surface area contributed by atoms with Crippen LogP contribution in [0.25, 0.3) is 0 Å². The number of aromatic carboxylic acids is 1. The largest absolute Gasteiger partial charge is 0.475 e.